The maximum absolute atomic E-state index is 13.3. The minimum Gasteiger partial charge on any atom is -0.356 e. The number of amides is 1. The van der Waals surface area contributed by atoms with E-state index in [4.69, 9.17) is 0 Å². The van der Waals surface area contributed by atoms with Gasteiger partial charge in [0.15, 0.2) is 5.96 Å². The van der Waals surface area contributed by atoms with Gasteiger partial charge in [0.1, 0.15) is 11.6 Å². The fourth-order valence-corrected chi connectivity index (χ4v) is 2.26. The number of guanidine groups is 1. The Hall–Kier alpha value is -2.96. The van der Waals surface area contributed by atoms with Crippen molar-refractivity contribution in [2.24, 2.45) is 4.99 Å². The molecule has 0 fully saturated rings. The average Bonchev–Trinajstić information content (AvgIpc) is 2.62. The van der Waals surface area contributed by atoms with Crippen LogP contribution < -0.4 is 16.0 Å². The number of anilines is 1. The lowest BCUT2D eigenvalue weighted by atomic mass is 10.1. The topological polar surface area (TPSA) is 78.4 Å². The first-order chi connectivity index (χ1) is 12.5. The van der Waals surface area contributed by atoms with E-state index in [1.54, 1.807) is 38.4 Å². The molecular formula is C19H24FN5O. The molecule has 0 aliphatic heterocycles. The summed E-state index contributed by atoms with van der Waals surface area (Å²) in [5, 5.41) is 8.95. The number of pyridine rings is 1. The summed E-state index contributed by atoms with van der Waals surface area (Å²) in [7, 11) is 1.65. The molecule has 3 N–H and O–H groups in total. The second-order valence-electron chi connectivity index (χ2n) is 5.96. The van der Waals surface area contributed by atoms with E-state index in [0.717, 1.165) is 11.1 Å². The molecule has 0 aliphatic carbocycles. The van der Waals surface area contributed by atoms with Crippen LogP contribution in [0.15, 0.2) is 41.5 Å². The minimum atomic E-state index is -0.217. The first-order valence-electron chi connectivity index (χ1n) is 8.40. The van der Waals surface area contributed by atoms with Crippen molar-refractivity contribution in [3.63, 3.8) is 0 Å². The summed E-state index contributed by atoms with van der Waals surface area (Å²) < 4.78 is 13.3. The molecule has 0 radical (unpaired) electrons. The van der Waals surface area contributed by atoms with Gasteiger partial charge in [-0.05, 0) is 42.7 Å². The van der Waals surface area contributed by atoms with Crippen LogP contribution in [-0.4, -0.2) is 30.4 Å². The number of nitrogens with zero attached hydrogens (tertiary/aromatic N) is 2. The molecule has 1 aromatic heterocycles. The molecule has 1 aromatic carbocycles. The van der Waals surface area contributed by atoms with Gasteiger partial charge in [-0.15, -0.1) is 0 Å². The van der Waals surface area contributed by atoms with Gasteiger partial charge in [0, 0.05) is 32.8 Å². The molecule has 7 heteroatoms. The summed E-state index contributed by atoms with van der Waals surface area (Å²) in [5.41, 5.74) is 2.60. The average molecular weight is 357 g/mol. The minimum absolute atomic E-state index is 0.126. The zero-order chi connectivity index (χ0) is 18.9. The molecule has 0 saturated heterocycles. The van der Waals surface area contributed by atoms with Crippen LogP contribution in [-0.2, 0) is 11.3 Å². The van der Waals surface area contributed by atoms with Gasteiger partial charge in [-0.3, -0.25) is 9.79 Å². The van der Waals surface area contributed by atoms with E-state index in [-0.39, 0.29) is 18.1 Å². The molecule has 2 rings (SSSR count). The molecule has 0 atom stereocenters. The van der Waals surface area contributed by atoms with Crippen LogP contribution in [0, 0.1) is 19.7 Å². The smallest absolute Gasteiger partial charge is 0.227 e. The second kappa shape index (κ2) is 9.50. The van der Waals surface area contributed by atoms with Crippen LogP contribution in [0.1, 0.15) is 23.1 Å². The normalized spacial score (nSPS) is 11.2. The summed E-state index contributed by atoms with van der Waals surface area (Å²) in [6.07, 6.45) is 1.99. The van der Waals surface area contributed by atoms with Crippen molar-refractivity contribution in [3.05, 3.63) is 59.0 Å². The van der Waals surface area contributed by atoms with Crippen molar-refractivity contribution >= 4 is 17.7 Å². The molecule has 6 nitrogen and oxygen atoms in total. The van der Waals surface area contributed by atoms with Crippen LogP contribution >= 0.6 is 0 Å². The van der Waals surface area contributed by atoms with E-state index < -0.39 is 0 Å². The van der Waals surface area contributed by atoms with Crippen molar-refractivity contribution in [1.29, 1.82) is 0 Å². The number of rotatable bonds is 6. The Morgan fingerprint density at radius 2 is 2.00 bits per heavy atom. The van der Waals surface area contributed by atoms with E-state index in [0.29, 0.717) is 30.4 Å². The van der Waals surface area contributed by atoms with Gasteiger partial charge in [0.2, 0.25) is 5.91 Å². The molecule has 1 heterocycles. The molecule has 2 aromatic rings. The molecule has 0 spiro atoms. The fraction of sp³-hybridized carbons (Fsp3) is 0.316. The number of halogens is 1. The second-order valence-corrected chi connectivity index (χ2v) is 5.96. The van der Waals surface area contributed by atoms with Crippen molar-refractivity contribution in [3.8, 4) is 0 Å². The number of carbonyl (C=O) groups is 1. The highest BCUT2D eigenvalue weighted by molar-refractivity contribution is 5.90. The lowest BCUT2D eigenvalue weighted by Crippen LogP contribution is -2.38. The summed E-state index contributed by atoms with van der Waals surface area (Å²) >= 11 is 0. The number of aromatic nitrogens is 1. The summed E-state index contributed by atoms with van der Waals surface area (Å²) in [6, 6.07) is 8.63. The largest absolute Gasteiger partial charge is 0.356 e. The summed E-state index contributed by atoms with van der Waals surface area (Å²) in [5.74, 6) is 0.770. The number of carbonyl (C=O) groups excluding carboxylic acids is 1. The molecule has 0 unspecified atom stereocenters. The van der Waals surface area contributed by atoms with Crippen LogP contribution in [0.25, 0.3) is 0 Å². The Morgan fingerprint density at radius 1 is 1.19 bits per heavy atom. The highest BCUT2D eigenvalue weighted by Gasteiger charge is 2.05. The number of hydrogen-bond acceptors (Lipinski definition) is 3. The summed E-state index contributed by atoms with van der Waals surface area (Å²) in [6.45, 7) is 4.61. The number of hydrogen-bond donors (Lipinski definition) is 3. The summed E-state index contributed by atoms with van der Waals surface area (Å²) in [4.78, 5) is 20.2. The van der Waals surface area contributed by atoms with Crippen LogP contribution in [0.3, 0.4) is 0 Å². The Balaban J connectivity index is 1.73. The molecule has 0 bridgehead atoms. The number of aliphatic imine (C=N–C) groups is 1. The Bertz CT molecular complexity index is 774. The molecule has 0 aliphatic rings. The van der Waals surface area contributed by atoms with Gasteiger partial charge < -0.3 is 16.0 Å². The molecule has 26 heavy (non-hydrogen) atoms. The first-order valence-corrected chi connectivity index (χ1v) is 8.40. The predicted octanol–water partition coefficient (Wildman–Crippen LogP) is 2.53. The number of aryl methyl sites for hydroxylation is 2. The SMILES string of the molecule is CN=C(NCCC(=O)Nc1ccc(C)cn1)NCc1ccc(F)c(C)c1. The van der Waals surface area contributed by atoms with Gasteiger partial charge in [-0.2, -0.15) is 0 Å². The lowest BCUT2D eigenvalue weighted by molar-refractivity contribution is -0.116. The zero-order valence-corrected chi connectivity index (χ0v) is 15.3. The number of benzene rings is 1. The maximum Gasteiger partial charge on any atom is 0.227 e. The Kier molecular flexibility index (Phi) is 7.08. The van der Waals surface area contributed by atoms with Gasteiger partial charge >= 0.3 is 0 Å². The van der Waals surface area contributed by atoms with Gasteiger partial charge in [-0.25, -0.2) is 9.37 Å². The van der Waals surface area contributed by atoms with E-state index in [1.807, 2.05) is 13.0 Å². The molecule has 138 valence electrons. The Morgan fingerprint density at radius 3 is 2.65 bits per heavy atom. The maximum atomic E-state index is 13.3. The third-order valence-corrected chi connectivity index (χ3v) is 3.73. The van der Waals surface area contributed by atoms with E-state index in [2.05, 4.69) is 25.9 Å². The van der Waals surface area contributed by atoms with Gasteiger partial charge in [0.05, 0.1) is 0 Å². The fourth-order valence-electron chi connectivity index (χ4n) is 2.26. The van der Waals surface area contributed by atoms with Gasteiger partial charge in [-0.1, -0.05) is 18.2 Å². The lowest BCUT2D eigenvalue weighted by Gasteiger charge is -2.12. The van der Waals surface area contributed by atoms with Crippen LogP contribution in [0.5, 0.6) is 0 Å². The monoisotopic (exact) mass is 357 g/mol. The standard InChI is InChI=1S/C19H24FN5O/c1-13-4-7-17(23-11-13)25-18(26)8-9-22-19(21-3)24-12-15-5-6-16(20)14(2)10-15/h4-7,10-11H,8-9,12H2,1-3H3,(H2,21,22,24)(H,23,25,26). The zero-order valence-electron chi connectivity index (χ0n) is 15.3. The Labute approximate surface area is 152 Å². The van der Waals surface area contributed by atoms with Crippen molar-refractivity contribution in [1.82, 2.24) is 15.6 Å². The molecule has 1 amide bonds. The van der Waals surface area contributed by atoms with Crippen molar-refractivity contribution in [2.75, 3.05) is 18.9 Å². The van der Waals surface area contributed by atoms with Crippen LogP contribution in [0.4, 0.5) is 10.2 Å². The molecule has 0 saturated carbocycles. The van der Waals surface area contributed by atoms with Crippen molar-refractivity contribution in [2.45, 2.75) is 26.8 Å². The first kappa shape index (κ1) is 19.4. The third-order valence-electron chi connectivity index (χ3n) is 3.73. The van der Waals surface area contributed by atoms with Gasteiger partial charge in [0.25, 0.3) is 0 Å². The molecular weight excluding hydrogens is 333 g/mol. The quantitative estimate of drug-likeness (QED) is 0.548. The van der Waals surface area contributed by atoms with E-state index in [1.165, 1.54) is 6.07 Å². The third kappa shape index (κ3) is 6.16. The predicted molar refractivity (Wildman–Crippen MR) is 102 cm³/mol. The van der Waals surface area contributed by atoms with E-state index >= 15 is 0 Å². The van der Waals surface area contributed by atoms with Crippen molar-refractivity contribution < 1.29 is 9.18 Å². The van der Waals surface area contributed by atoms with Crippen LogP contribution in [0.2, 0.25) is 0 Å². The highest BCUT2D eigenvalue weighted by atomic mass is 19.1. The van der Waals surface area contributed by atoms with E-state index in [9.17, 15) is 9.18 Å². The number of nitrogens with one attached hydrogen (secondary N) is 3. The highest BCUT2D eigenvalue weighted by Crippen LogP contribution is 2.08.